The maximum Gasteiger partial charge on any atom is 0.253 e. The van der Waals surface area contributed by atoms with Crippen LogP contribution < -0.4 is 11.1 Å². The molecule has 1 amide bonds. The highest BCUT2D eigenvalue weighted by Crippen LogP contribution is 2.16. The van der Waals surface area contributed by atoms with E-state index in [2.05, 4.69) is 22.1 Å². The lowest BCUT2D eigenvalue weighted by atomic mass is 10.0. The van der Waals surface area contributed by atoms with Crippen molar-refractivity contribution in [3.63, 3.8) is 0 Å². The fourth-order valence-electron chi connectivity index (χ4n) is 2.68. The number of amides is 1. The molecule has 5 nitrogen and oxygen atoms in total. The molecule has 1 saturated heterocycles. The van der Waals surface area contributed by atoms with E-state index >= 15 is 0 Å². The molecular weight excluding hydrogens is 252 g/mol. The van der Waals surface area contributed by atoms with Gasteiger partial charge < -0.3 is 16.0 Å². The highest BCUT2D eigenvalue weighted by Gasteiger charge is 2.17. The summed E-state index contributed by atoms with van der Waals surface area (Å²) in [5.41, 5.74) is 6.66. The molecule has 1 unspecified atom stereocenters. The highest BCUT2D eigenvalue weighted by molar-refractivity contribution is 5.98. The topological polar surface area (TPSA) is 71.2 Å². The van der Waals surface area contributed by atoms with E-state index in [-0.39, 0.29) is 5.91 Å². The van der Waals surface area contributed by atoms with Gasteiger partial charge in [0.1, 0.15) is 0 Å². The van der Waals surface area contributed by atoms with Crippen LogP contribution in [0.3, 0.4) is 0 Å². The van der Waals surface area contributed by atoms with E-state index in [1.807, 2.05) is 0 Å². The predicted molar refractivity (Wildman–Crippen MR) is 80.5 cm³/mol. The summed E-state index contributed by atoms with van der Waals surface area (Å²) in [6.07, 6.45) is 7.99. The van der Waals surface area contributed by atoms with E-state index in [0.29, 0.717) is 23.8 Å². The number of anilines is 1. The van der Waals surface area contributed by atoms with Crippen molar-refractivity contribution in [2.24, 2.45) is 0 Å². The van der Waals surface area contributed by atoms with Crippen LogP contribution in [0, 0.1) is 0 Å². The van der Waals surface area contributed by atoms with Gasteiger partial charge in [0.25, 0.3) is 5.91 Å². The third-order valence-corrected chi connectivity index (χ3v) is 3.94. The molecule has 1 atom stereocenters. The summed E-state index contributed by atoms with van der Waals surface area (Å²) in [6.45, 7) is 5.21. The molecule has 3 N–H and O–H groups in total. The molecule has 0 aliphatic carbocycles. The van der Waals surface area contributed by atoms with Crippen LogP contribution in [0.5, 0.6) is 0 Å². The normalized spacial score (nSPS) is 19.8. The monoisotopic (exact) mass is 276 g/mol. The number of carbonyl (C=O) groups excluding carboxylic acids is 1. The van der Waals surface area contributed by atoms with Gasteiger partial charge in [0, 0.05) is 25.3 Å². The van der Waals surface area contributed by atoms with Gasteiger partial charge in [-0.15, -0.1) is 0 Å². The van der Waals surface area contributed by atoms with Crippen molar-refractivity contribution in [3.8, 4) is 0 Å². The largest absolute Gasteiger partial charge is 0.397 e. The van der Waals surface area contributed by atoms with Crippen molar-refractivity contribution in [1.29, 1.82) is 0 Å². The first kappa shape index (κ1) is 14.8. The number of likely N-dealkylation sites (tertiary alicyclic amines) is 1. The maximum atomic E-state index is 11.9. The first-order chi connectivity index (χ1) is 9.68. The minimum absolute atomic E-state index is 0.114. The molecule has 0 bridgehead atoms. The third-order valence-electron chi connectivity index (χ3n) is 3.94. The maximum absolute atomic E-state index is 11.9. The van der Waals surface area contributed by atoms with Crippen molar-refractivity contribution >= 4 is 11.6 Å². The minimum Gasteiger partial charge on any atom is -0.397 e. The summed E-state index contributed by atoms with van der Waals surface area (Å²) < 4.78 is 0. The zero-order valence-corrected chi connectivity index (χ0v) is 12.1. The average Bonchev–Trinajstić information content (AvgIpc) is 2.45. The van der Waals surface area contributed by atoms with Crippen LogP contribution >= 0.6 is 0 Å². The molecule has 1 aliphatic heterocycles. The number of piperidine rings is 1. The van der Waals surface area contributed by atoms with Crippen LogP contribution in [0.4, 0.5) is 5.69 Å². The summed E-state index contributed by atoms with van der Waals surface area (Å²) in [6, 6.07) is 2.33. The molecule has 0 aromatic carbocycles. The summed E-state index contributed by atoms with van der Waals surface area (Å²) in [5, 5.41) is 2.92. The molecular formula is C15H24N4O. The van der Waals surface area contributed by atoms with Crippen LogP contribution in [0.1, 0.15) is 43.0 Å². The van der Waals surface area contributed by atoms with E-state index in [1.54, 1.807) is 12.3 Å². The fourth-order valence-corrected chi connectivity index (χ4v) is 2.68. The molecule has 0 spiro atoms. The third kappa shape index (κ3) is 3.93. The van der Waals surface area contributed by atoms with Gasteiger partial charge in [-0.3, -0.25) is 9.78 Å². The summed E-state index contributed by atoms with van der Waals surface area (Å²) in [7, 11) is 0. The van der Waals surface area contributed by atoms with E-state index in [9.17, 15) is 4.79 Å². The van der Waals surface area contributed by atoms with Crippen molar-refractivity contribution in [2.45, 2.75) is 38.6 Å². The summed E-state index contributed by atoms with van der Waals surface area (Å²) in [5.74, 6) is -0.114. The number of nitrogen functional groups attached to an aromatic ring is 1. The van der Waals surface area contributed by atoms with Crippen molar-refractivity contribution < 1.29 is 4.79 Å². The zero-order chi connectivity index (χ0) is 14.4. The Labute approximate surface area is 120 Å². The number of nitrogens with one attached hydrogen (secondary N) is 1. The second-order valence-electron chi connectivity index (χ2n) is 5.45. The molecule has 5 heteroatoms. The van der Waals surface area contributed by atoms with Gasteiger partial charge in [-0.2, -0.15) is 0 Å². The molecule has 2 heterocycles. The molecule has 0 saturated carbocycles. The number of rotatable bonds is 5. The lowest BCUT2D eigenvalue weighted by Crippen LogP contribution is -2.39. The summed E-state index contributed by atoms with van der Waals surface area (Å²) >= 11 is 0. The zero-order valence-electron chi connectivity index (χ0n) is 12.1. The van der Waals surface area contributed by atoms with Crippen LogP contribution in [0.25, 0.3) is 0 Å². The van der Waals surface area contributed by atoms with Crippen molar-refractivity contribution in [3.05, 3.63) is 24.0 Å². The van der Waals surface area contributed by atoms with Crippen LogP contribution in [-0.2, 0) is 0 Å². The van der Waals surface area contributed by atoms with E-state index < -0.39 is 0 Å². The lowest BCUT2D eigenvalue weighted by molar-refractivity contribution is 0.0949. The Balaban J connectivity index is 1.71. The molecule has 20 heavy (non-hydrogen) atoms. The van der Waals surface area contributed by atoms with Crippen LogP contribution in [0.15, 0.2) is 18.5 Å². The molecule has 1 aromatic heterocycles. The van der Waals surface area contributed by atoms with Gasteiger partial charge >= 0.3 is 0 Å². The van der Waals surface area contributed by atoms with Gasteiger partial charge in [0.05, 0.1) is 17.4 Å². The number of carbonyl (C=O) groups is 1. The number of hydrogen-bond acceptors (Lipinski definition) is 4. The number of hydrogen-bond donors (Lipinski definition) is 2. The molecule has 110 valence electrons. The van der Waals surface area contributed by atoms with Gasteiger partial charge in [0.2, 0.25) is 0 Å². The molecule has 1 fully saturated rings. The van der Waals surface area contributed by atoms with Gasteiger partial charge in [-0.25, -0.2) is 0 Å². The Bertz CT molecular complexity index is 449. The minimum atomic E-state index is -0.114. The second kappa shape index (κ2) is 7.24. The second-order valence-corrected chi connectivity index (χ2v) is 5.45. The number of aromatic nitrogens is 1. The molecule has 0 radical (unpaired) electrons. The highest BCUT2D eigenvalue weighted by atomic mass is 16.1. The lowest BCUT2D eigenvalue weighted by Gasteiger charge is -2.33. The van der Waals surface area contributed by atoms with Gasteiger partial charge in [0.15, 0.2) is 0 Å². The van der Waals surface area contributed by atoms with Crippen molar-refractivity contribution in [1.82, 2.24) is 15.2 Å². The van der Waals surface area contributed by atoms with E-state index in [1.165, 1.54) is 32.0 Å². The predicted octanol–water partition coefficient (Wildman–Crippen LogP) is 1.66. The smallest absolute Gasteiger partial charge is 0.253 e. The van der Waals surface area contributed by atoms with Gasteiger partial charge in [-0.05, 0) is 38.8 Å². The fraction of sp³-hybridized carbons (Fsp3) is 0.600. The first-order valence-corrected chi connectivity index (χ1v) is 7.40. The molecule has 2 rings (SSSR count). The Morgan fingerprint density at radius 1 is 1.55 bits per heavy atom. The number of nitrogens with two attached hydrogens (primary N) is 1. The number of pyridine rings is 1. The quantitative estimate of drug-likeness (QED) is 0.802. The van der Waals surface area contributed by atoms with E-state index in [4.69, 9.17) is 5.73 Å². The summed E-state index contributed by atoms with van der Waals surface area (Å²) in [4.78, 5) is 18.3. The number of nitrogens with zero attached hydrogens (tertiary/aromatic N) is 2. The Kier molecular flexibility index (Phi) is 5.35. The van der Waals surface area contributed by atoms with Gasteiger partial charge in [-0.1, -0.05) is 6.42 Å². The molecule has 1 aromatic rings. The Morgan fingerprint density at radius 3 is 3.15 bits per heavy atom. The Morgan fingerprint density at radius 2 is 2.40 bits per heavy atom. The molecule has 1 aliphatic rings. The first-order valence-electron chi connectivity index (χ1n) is 7.40. The van der Waals surface area contributed by atoms with Crippen LogP contribution in [-0.4, -0.2) is 41.5 Å². The SMILES string of the molecule is CC1CCCCN1CCCNC(=O)c1ccncc1N. The van der Waals surface area contributed by atoms with Crippen molar-refractivity contribution in [2.75, 3.05) is 25.4 Å². The van der Waals surface area contributed by atoms with Crippen LogP contribution in [0.2, 0.25) is 0 Å². The standard InChI is InChI=1S/C15H24N4O/c1-12-5-2-3-9-19(12)10-4-7-18-15(20)13-6-8-17-11-14(13)16/h6,8,11-12H,2-5,7,9-10,16H2,1H3,(H,18,20). The Hall–Kier alpha value is -1.62. The van der Waals surface area contributed by atoms with E-state index in [0.717, 1.165) is 13.0 Å². The average molecular weight is 276 g/mol.